The number of hydrogen-bond donors (Lipinski definition) is 1. The predicted molar refractivity (Wildman–Crippen MR) is 92.1 cm³/mol. The van der Waals surface area contributed by atoms with Crippen LogP contribution in [-0.4, -0.2) is 59.3 Å². The number of nitrogens with one attached hydrogen (secondary N) is 1. The lowest BCUT2D eigenvalue weighted by Crippen LogP contribution is -2.49. The van der Waals surface area contributed by atoms with Gasteiger partial charge in [0.1, 0.15) is 0 Å². The molecule has 1 aromatic carbocycles. The topological polar surface area (TPSA) is 95.8 Å². The minimum atomic E-state index is -0.488. The van der Waals surface area contributed by atoms with Gasteiger partial charge in [-0.2, -0.15) is 0 Å². The van der Waals surface area contributed by atoms with Gasteiger partial charge in [-0.3, -0.25) is 24.6 Å². The first kappa shape index (κ1) is 17.3. The molecule has 25 heavy (non-hydrogen) atoms. The number of non-ortho nitro benzene ring substituents is 1. The number of anilines is 1. The molecule has 2 aliphatic rings. The van der Waals surface area contributed by atoms with Gasteiger partial charge in [0.15, 0.2) is 0 Å². The van der Waals surface area contributed by atoms with Crippen LogP contribution in [0.1, 0.15) is 19.3 Å². The fourth-order valence-electron chi connectivity index (χ4n) is 2.96. The predicted octanol–water partition coefficient (Wildman–Crippen LogP) is 1.48. The highest BCUT2D eigenvalue weighted by atomic mass is 16.6. The minimum Gasteiger partial charge on any atom is -0.340 e. The van der Waals surface area contributed by atoms with Crippen molar-refractivity contribution in [3.05, 3.63) is 34.4 Å². The number of amides is 2. The highest BCUT2D eigenvalue weighted by Crippen LogP contribution is 2.31. The van der Waals surface area contributed by atoms with Crippen molar-refractivity contribution in [2.45, 2.75) is 19.3 Å². The van der Waals surface area contributed by atoms with Crippen molar-refractivity contribution in [3.8, 4) is 0 Å². The molecule has 0 aromatic heterocycles. The van der Waals surface area contributed by atoms with Gasteiger partial charge < -0.3 is 10.2 Å². The van der Waals surface area contributed by atoms with Gasteiger partial charge in [-0.25, -0.2) is 0 Å². The molecular formula is C17H22N4O4. The second kappa shape index (κ2) is 7.60. The summed E-state index contributed by atoms with van der Waals surface area (Å²) in [6.07, 6.45) is 2.37. The van der Waals surface area contributed by atoms with Crippen molar-refractivity contribution >= 4 is 23.2 Å². The Balaban J connectivity index is 1.40. The van der Waals surface area contributed by atoms with Gasteiger partial charge in [0.05, 0.1) is 4.92 Å². The summed E-state index contributed by atoms with van der Waals surface area (Å²) in [5, 5.41) is 13.4. The molecule has 2 amide bonds. The van der Waals surface area contributed by atoms with Crippen LogP contribution in [0.25, 0.3) is 0 Å². The van der Waals surface area contributed by atoms with Crippen LogP contribution < -0.4 is 5.32 Å². The Morgan fingerprint density at radius 3 is 2.56 bits per heavy atom. The molecule has 1 aliphatic heterocycles. The summed E-state index contributed by atoms with van der Waals surface area (Å²) >= 11 is 0. The zero-order valence-corrected chi connectivity index (χ0v) is 14.0. The molecule has 1 N–H and O–H groups in total. The smallest absolute Gasteiger partial charge is 0.271 e. The normalized spacial score (nSPS) is 18.0. The molecule has 1 saturated carbocycles. The van der Waals surface area contributed by atoms with E-state index in [1.807, 2.05) is 4.90 Å². The summed E-state index contributed by atoms with van der Waals surface area (Å²) in [5.74, 6) is 0.368. The molecule has 1 aliphatic carbocycles. The Morgan fingerprint density at radius 2 is 1.92 bits per heavy atom. The van der Waals surface area contributed by atoms with Crippen molar-refractivity contribution in [2.75, 3.05) is 38.0 Å². The monoisotopic (exact) mass is 346 g/mol. The van der Waals surface area contributed by atoms with Gasteiger partial charge in [0.25, 0.3) is 5.69 Å². The van der Waals surface area contributed by atoms with E-state index in [-0.39, 0.29) is 23.4 Å². The number of piperazine rings is 1. The lowest BCUT2D eigenvalue weighted by Gasteiger charge is -2.34. The highest BCUT2D eigenvalue weighted by molar-refractivity contribution is 5.91. The number of hydrogen-bond acceptors (Lipinski definition) is 5. The van der Waals surface area contributed by atoms with E-state index in [1.54, 1.807) is 12.1 Å². The molecule has 0 radical (unpaired) electrons. The van der Waals surface area contributed by atoms with Crippen LogP contribution in [0, 0.1) is 16.0 Å². The molecule has 1 saturated heterocycles. The molecule has 2 fully saturated rings. The number of nitro benzene ring substituents is 1. The number of carbonyl (C=O) groups is 2. The van der Waals surface area contributed by atoms with E-state index in [1.165, 1.54) is 12.1 Å². The third kappa shape index (κ3) is 4.76. The van der Waals surface area contributed by atoms with Gasteiger partial charge in [-0.15, -0.1) is 0 Å². The average molecular weight is 346 g/mol. The molecule has 0 spiro atoms. The van der Waals surface area contributed by atoms with Crippen LogP contribution in [0.2, 0.25) is 0 Å². The maximum absolute atomic E-state index is 12.0. The van der Waals surface area contributed by atoms with E-state index >= 15 is 0 Å². The first-order valence-corrected chi connectivity index (χ1v) is 8.58. The maximum atomic E-state index is 12.0. The average Bonchev–Trinajstić information content (AvgIpc) is 3.45. The number of nitro groups is 1. The summed E-state index contributed by atoms with van der Waals surface area (Å²) in [7, 11) is 0. The third-order valence-electron chi connectivity index (χ3n) is 4.61. The summed E-state index contributed by atoms with van der Waals surface area (Å²) in [6.45, 7) is 3.63. The first-order valence-electron chi connectivity index (χ1n) is 8.58. The zero-order valence-electron chi connectivity index (χ0n) is 14.0. The number of rotatable bonds is 6. The molecular weight excluding hydrogens is 324 g/mol. The Hall–Kier alpha value is -2.48. The van der Waals surface area contributed by atoms with E-state index < -0.39 is 4.92 Å². The standard InChI is InChI=1S/C17H22N4O4/c22-16(18-14-2-1-3-15(12-14)21(24)25)6-7-19-8-10-20(11-9-19)17(23)13-4-5-13/h1-3,12-13H,4-11H2,(H,18,22). The molecule has 1 heterocycles. The zero-order chi connectivity index (χ0) is 17.8. The Bertz CT molecular complexity index is 666. The van der Waals surface area contributed by atoms with Crippen molar-refractivity contribution < 1.29 is 14.5 Å². The number of benzene rings is 1. The Labute approximate surface area is 145 Å². The molecule has 8 nitrogen and oxygen atoms in total. The number of carbonyl (C=O) groups excluding carboxylic acids is 2. The van der Waals surface area contributed by atoms with E-state index in [9.17, 15) is 19.7 Å². The van der Waals surface area contributed by atoms with Crippen molar-refractivity contribution in [1.29, 1.82) is 0 Å². The molecule has 8 heteroatoms. The summed E-state index contributed by atoms with van der Waals surface area (Å²) in [6, 6.07) is 5.91. The van der Waals surface area contributed by atoms with Crippen molar-refractivity contribution in [2.24, 2.45) is 5.92 Å². The minimum absolute atomic E-state index is 0.0470. The van der Waals surface area contributed by atoms with Crippen molar-refractivity contribution in [3.63, 3.8) is 0 Å². The van der Waals surface area contributed by atoms with Crippen molar-refractivity contribution in [1.82, 2.24) is 9.80 Å². The largest absolute Gasteiger partial charge is 0.340 e. The second-order valence-electron chi connectivity index (χ2n) is 6.55. The fraction of sp³-hybridized carbons (Fsp3) is 0.529. The molecule has 3 rings (SSSR count). The number of nitrogens with zero attached hydrogens (tertiary/aromatic N) is 3. The van der Waals surface area contributed by atoms with E-state index in [0.29, 0.717) is 18.7 Å². The second-order valence-corrected chi connectivity index (χ2v) is 6.55. The lowest BCUT2D eigenvalue weighted by molar-refractivity contribution is -0.384. The molecule has 0 unspecified atom stereocenters. The summed E-state index contributed by atoms with van der Waals surface area (Å²) in [4.78, 5) is 38.4. The van der Waals surface area contributed by atoms with Gasteiger partial charge in [0, 0.05) is 62.9 Å². The van der Waals surface area contributed by atoms with E-state index in [4.69, 9.17) is 0 Å². The van der Waals surface area contributed by atoms with E-state index in [0.717, 1.165) is 39.0 Å². The van der Waals surface area contributed by atoms with Gasteiger partial charge in [0.2, 0.25) is 11.8 Å². The summed E-state index contributed by atoms with van der Waals surface area (Å²) in [5.41, 5.74) is 0.383. The van der Waals surface area contributed by atoms with Crippen LogP contribution in [0.15, 0.2) is 24.3 Å². The Morgan fingerprint density at radius 1 is 1.20 bits per heavy atom. The molecule has 1 aromatic rings. The van der Waals surface area contributed by atoms with Crippen LogP contribution in [0.4, 0.5) is 11.4 Å². The Kier molecular flexibility index (Phi) is 5.28. The fourth-order valence-corrected chi connectivity index (χ4v) is 2.96. The summed E-state index contributed by atoms with van der Waals surface area (Å²) < 4.78 is 0. The molecule has 0 atom stereocenters. The van der Waals surface area contributed by atoms with Gasteiger partial charge in [-0.05, 0) is 18.9 Å². The SMILES string of the molecule is O=C(CCN1CCN(C(=O)C2CC2)CC1)Nc1cccc([N+](=O)[O-])c1. The van der Waals surface area contributed by atoms with Crippen LogP contribution in [0.5, 0.6) is 0 Å². The van der Waals surface area contributed by atoms with Gasteiger partial charge in [-0.1, -0.05) is 6.07 Å². The van der Waals surface area contributed by atoms with E-state index in [2.05, 4.69) is 10.2 Å². The highest BCUT2D eigenvalue weighted by Gasteiger charge is 2.34. The maximum Gasteiger partial charge on any atom is 0.271 e. The molecule has 134 valence electrons. The van der Waals surface area contributed by atoms with Gasteiger partial charge >= 0.3 is 0 Å². The van der Waals surface area contributed by atoms with Crippen LogP contribution in [0.3, 0.4) is 0 Å². The van der Waals surface area contributed by atoms with Crippen LogP contribution in [-0.2, 0) is 9.59 Å². The quantitative estimate of drug-likeness (QED) is 0.622. The third-order valence-corrected chi connectivity index (χ3v) is 4.61. The first-order chi connectivity index (χ1) is 12.0. The molecule has 0 bridgehead atoms. The lowest BCUT2D eigenvalue weighted by atomic mass is 10.2. The van der Waals surface area contributed by atoms with Crippen LogP contribution >= 0.6 is 0 Å².